The molecule has 0 spiro atoms. The molecular weight excluding hydrogens is 426 g/mol. The topological polar surface area (TPSA) is 45.8 Å². The minimum Gasteiger partial charge on any atom is -0.306 e. The monoisotopic (exact) mass is 434 g/mol. The van der Waals surface area contributed by atoms with Crippen molar-refractivity contribution < 1.29 is 4.39 Å². The lowest BCUT2D eigenvalue weighted by atomic mass is 10.2. The zero-order chi connectivity index (χ0) is 13.6. The van der Waals surface area contributed by atoms with E-state index in [0.29, 0.717) is 25.3 Å². The third-order valence-electron chi connectivity index (χ3n) is 3.05. The van der Waals surface area contributed by atoms with Gasteiger partial charge in [-0.15, -0.1) is 0 Å². The molecule has 0 amide bonds. The van der Waals surface area contributed by atoms with Crippen LogP contribution in [-0.4, -0.2) is 9.97 Å². The number of nitrogens with zero attached hydrogens (tertiary/aromatic N) is 1. The second-order valence-electron chi connectivity index (χ2n) is 4.52. The van der Waals surface area contributed by atoms with Crippen LogP contribution in [0.4, 0.5) is 4.39 Å². The summed E-state index contributed by atoms with van der Waals surface area (Å²) >= 11 is 5.17. The van der Waals surface area contributed by atoms with Gasteiger partial charge in [0.05, 0.1) is 13.7 Å². The van der Waals surface area contributed by atoms with Crippen LogP contribution in [0, 0.1) is 9.39 Å². The quantitative estimate of drug-likeness (QED) is 0.730. The van der Waals surface area contributed by atoms with Crippen LogP contribution in [0.3, 0.4) is 0 Å². The lowest BCUT2D eigenvalue weighted by Gasteiger charge is -2.06. The van der Waals surface area contributed by atoms with Crippen molar-refractivity contribution in [3.8, 4) is 11.4 Å². The van der Waals surface area contributed by atoms with Crippen molar-refractivity contribution in [3.63, 3.8) is 0 Å². The maximum atomic E-state index is 13.2. The number of halogens is 3. The molecule has 0 bridgehead atoms. The van der Waals surface area contributed by atoms with Gasteiger partial charge in [0.25, 0.3) is 5.56 Å². The Kier molecular flexibility index (Phi) is 3.46. The average Bonchev–Trinajstić information content (AvgIpc) is 3.20. The Bertz CT molecular complexity index is 712. The third-order valence-corrected chi connectivity index (χ3v) is 4.70. The summed E-state index contributed by atoms with van der Waals surface area (Å²) in [5, 5.41) is 0. The van der Waals surface area contributed by atoms with E-state index in [0.717, 1.165) is 18.5 Å². The molecule has 1 fully saturated rings. The molecule has 6 heteroatoms. The summed E-state index contributed by atoms with van der Waals surface area (Å²) in [6.07, 6.45) is 2.16. The van der Waals surface area contributed by atoms with Gasteiger partial charge in [-0.3, -0.25) is 4.79 Å². The minimum absolute atomic E-state index is 0.132. The van der Waals surface area contributed by atoms with Crippen LogP contribution in [0.2, 0.25) is 0 Å². The van der Waals surface area contributed by atoms with E-state index < -0.39 is 0 Å². The highest BCUT2D eigenvalue weighted by atomic mass is 127. The van der Waals surface area contributed by atoms with Gasteiger partial charge in [-0.25, -0.2) is 9.37 Å². The lowest BCUT2D eigenvalue weighted by Crippen LogP contribution is -2.16. The van der Waals surface area contributed by atoms with Crippen LogP contribution < -0.4 is 5.56 Å². The fourth-order valence-corrected chi connectivity index (χ4v) is 2.96. The van der Waals surface area contributed by atoms with Gasteiger partial charge >= 0.3 is 0 Å². The van der Waals surface area contributed by atoms with E-state index >= 15 is 0 Å². The Hall–Kier alpha value is -0.760. The van der Waals surface area contributed by atoms with Crippen molar-refractivity contribution in [1.29, 1.82) is 0 Å². The van der Waals surface area contributed by atoms with Crippen LogP contribution >= 0.6 is 38.5 Å². The highest BCUT2D eigenvalue weighted by Crippen LogP contribution is 2.40. The zero-order valence-corrected chi connectivity index (χ0v) is 13.5. The molecule has 2 aromatic rings. The molecule has 1 aliphatic carbocycles. The first kappa shape index (κ1) is 13.2. The van der Waals surface area contributed by atoms with Crippen LogP contribution in [0.5, 0.6) is 0 Å². The Morgan fingerprint density at radius 1 is 1.42 bits per heavy atom. The van der Waals surface area contributed by atoms with E-state index in [2.05, 4.69) is 25.9 Å². The van der Waals surface area contributed by atoms with E-state index in [1.807, 2.05) is 22.6 Å². The maximum Gasteiger partial charge on any atom is 0.264 e. The first-order chi connectivity index (χ1) is 9.06. The molecule has 0 aliphatic heterocycles. The van der Waals surface area contributed by atoms with Crippen molar-refractivity contribution in [2.45, 2.75) is 18.8 Å². The summed E-state index contributed by atoms with van der Waals surface area (Å²) in [5.41, 5.74) is 1.43. The summed E-state index contributed by atoms with van der Waals surface area (Å²) in [5.74, 6) is 0.559. The normalized spacial score (nSPS) is 14.7. The van der Waals surface area contributed by atoms with Crippen LogP contribution in [-0.2, 0) is 0 Å². The van der Waals surface area contributed by atoms with E-state index in [1.165, 1.54) is 6.07 Å². The van der Waals surface area contributed by atoms with Gasteiger partial charge in [0.15, 0.2) is 0 Å². The summed E-state index contributed by atoms with van der Waals surface area (Å²) in [7, 11) is 0. The number of H-pyrrole nitrogens is 1. The van der Waals surface area contributed by atoms with Gasteiger partial charge < -0.3 is 4.98 Å². The summed E-state index contributed by atoms with van der Waals surface area (Å²) in [6.45, 7) is 0. The van der Waals surface area contributed by atoms with Crippen molar-refractivity contribution in [3.05, 3.63) is 48.1 Å². The molecule has 3 rings (SSSR count). The van der Waals surface area contributed by atoms with Crippen molar-refractivity contribution in [2.75, 3.05) is 0 Å². The predicted molar refractivity (Wildman–Crippen MR) is 82.6 cm³/mol. The molecular formula is C13H9BrFIN2O. The highest BCUT2D eigenvalue weighted by molar-refractivity contribution is 14.1. The number of nitrogens with one attached hydrogen (secondary N) is 1. The van der Waals surface area contributed by atoms with Gasteiger partial charge in [0.1, 0.15) is 11.6 Å². The molecule has 98 valence electrons. The molecule has 19 heavy (non-hydrogen) atoms. The number of hydrogen-bond donors (Lipinski definition) is 1. The van der Waals surface area contributed by atoms with Crippen molar-refractivity contribution in [2.24, 2.45) is 0 Å². The number of benzene rings is 1. The van der Waals surface area contributed by atoms with E-state index in [9.17, 15) is 9.18 Å². The molecule has 0 unspecified atom stereocenters. The second-order valence-corrected chi connectivity index (χ2v) is 6.45. The third kappa shape index (κ3) is 2.60. The van der Waals surface area contributed by atoms with Crippen LogP contribution in [0.25, 0.3) is 11.4 Å². The van der Waals surface area contributed by atoms with Gasteiger partial charge in [0.2, 0.25) is 0 Å². The predicted octanol–water partition coefficient (Wildman–Crippen LogP) is 3.82. The zero-order valence-electron chi connectivity index (χ0n) is 9.71. The van der Waals surface area contributed by atoms with E-state index in [-0.39, 0.29) is 11.4 Å². The largest absolute Gasteiger partial charge is 0.306 e. The lowest BCUT2D eigenvalue weighted by molar-refractivity contribution is 0.621. The van der Waals surface area contributed by atoms with Crippen molar-refractivity contribution >= 4 is 38.5 Å². The molecule has 0 atom stereocenters. The van der Waals surface area contributed by atoms with E-state index in [1.54, 1.807) is 12.1 Å². The Morgan fingerprint density at radius 3 is 2.79 bits per heavy atom. The second kappa shape index (κ2) is 4.97. The molecule has 1 N–H and O–H groups in total. The van der Waals surface area contributed by atoms with Gasteiger partial charge in [-0.05, 0) is 69.6 Å². The molecule has 0 saturated heterocycles. The Labute approximate surface area is 130 Å². The molecule has 1 aromatic heterocycles. The van der Waals surface area contributed by atoms with Gasteiger partial charge in [-0.1, -0.05) is 0 Å². The van der Waals surface area contributed by atoms with Crippen molar-refractivity contribution in [1.82, 2.24) is 9.97 Å². The fraction of sp³-hybridized carbons (Fsp3) is 0.231. The first-order valence-electron chi connectivity index (χ1n) is 5.81. The number of hydrogen-bond acceptors (Lipinski definition) is 2. The molecule has 0 radical (unpaired) electrons. The minimum atomic E-state index is -0.334. The summed E-state index contributed by atoms with van der Waals surface area (Å²) in [6, 6.07) is 4.59. The summed E-state index contributed by atoms with van der Waals surface area (Å²) < 4.78 is 14.3. The molecule has 3 nitrogen and oxygen atoms in total. The SMILES string of the molecule is O=c1[nH]c(-c2ccc(F)c(Br)c2)nc(C2CC2)c1I. The van der Waals surface area contributed by atoms with E-state index in [4.69, 9.17) is 0 Å². The van der Waals surface area contributed by atoms with Crippen LogP contribution in [0.15, 0.2) is 27.5 Å². The Morgan fingerprint density at radius 2 is 2.16 bits per heavy atom. The smallest absolute Gasteiger partial charge is 0.264 e. The maximum absolute atomic E-state index is 13.2. The average molecular weight is 435 g/mol. The molecule has 1 aliphatic rings. The first-order valence-corrected chi connectivity index (χ1v) is 7.68. The standard InChI is InChI=1S/C13H9BrFIN2O/c14-8-5-7(3-4-9(8)15)12-17-11(6-1-2-6)10(16)13(19)18-12/h3-6H,1-2H2,(H,17,18,19). The van der Waals surface area contributed by atoms with Crippen LogP contribution in [0.1, 0.15) is 24.5 Å². The fourth-order valence-electron chi connectivity index (χ4n) is 1.88. The number of aromatic amines is 1. The van der Waals surface area contributed by atoms with Gasteiger partial charge in [-0.2, -0.15) is 0 Å². The number of aromatic nitrogens is 2. The Balaban J connectivity index is 2.14. The molecule has 1 saturated carbocycles. The molecule has 1 aromatic carbocycles. The van der Waals surface area contributed by atoms with Gasteiger partial charge in [0, 0.05) is 11.5 Å². The molecule has 1 heterocycles. The summed E-state index contributed by atoms with van der Waals surface area (Å²) in [4.78, 5) is 19.2. The highest BCUT2D eigenvalue weighted by Gasteiger charge is 2.29. The number of rotatable bonds is 2.